The van der Waals surface area contributed by atoms with Crippen molar-refractivity contribution in [1.29, 1.82) is 0 Å². The molecule has 0 fully saturated rings. The lowest BCUT2D eigenvalue weighted by Gasteiger charge is -2.38. The highest BCUT2D eigenvalue weighted by Crippen LogP contribution is 2.50. The van der Waals surface area contributed by atoms with Crippen LogP contribution in [0, 0.1) is 0 Å². The fraction of sp³-hybridized carbons (Fsp3) is 0.182. The van der Waals surface area contributed by atoms with Crippen LogP contribution in [0.4, 0.5) is 0 Å². The molecular formula is C22H17Br2N3O2. The summed E-state index contributed by atoms with van der Waals surface area (Å²) in [5, 5.41) is 7.03. The van der Waals surface area contributed by atoms with E-state index in [1.54, 1.807) is 13.3 Å². The molecule has 0 amide bonds. The van der Waals surface area contributed by atoms with E-state index in [1.165, 1.54) is 0 Å². The number of hydrogen-bond donors (Lipinski definition) is 0. The van der Waals surface area contributed by atoms with Gasteiger partial charge in [0.25, 0.3) is 0 Å². The lowest BCUT2D eigenvalue weighted by atomic mass is 9.96. The van der Waals surface area contributed by atoms with E-state index in [4.69, 9.17) is 14.6 Å². The molecule has 29 heavy (non-hydrogen) atoms. The number of hydrogen-bond acceptors (Lipinski definition) is 5. The number of pyridine rings is 1. The highest BCUT2D eigenvalue weighted by atomic mass is 79.9. The van der Waals surface area contributed by atoms with Crippen molar-refractivity contribution in [3.8, 4) is 11.5 Å². The summed E-state index contributed by atoms with van der Waals surface area (Å²) < 4.78 is 13.6. The SMILES string of the molecule is COc1ccc(C2=NN3[C@@H](C2)c2cc(Br)cc(Br)c2O[C@H]3c2cccnc2)cc1. The van der Waals surface area contributed by atoms with Gasteiger partial charge in [0.05, 0.1) is 23.3 Å². The lowest BCUT2D eigenvalue weighted by molar-refractivity contribution is -0.0199. The second-order valence-corrected chi connectivity index (χ2v) is 8.71. The molecule has 0 radical (unpaired) electrons. The summed E-state index contributed by atoms with van der Waals surface area (Å²) in [7, 11) is 1.67. The van der Waals surface area contributed by atoms with E-state index in [0.29, 0.717) is 0 Å². The van der Waals surface area contributed by atoms with Crippen molar-refractivity contribution >= 4 is 37.6 Å². The van der Waals surface area contributed by atoms with Crippen LogP contribution in [-0.2, 0) is 0 Å². The third kappa shape index (κ3) is 3.32. The Kier molecular flexibility index (Phi) is 4.80. The quantitative estimate of drug-likeness (QED) is 0.439. The summed E-state index contributed by atoms with van der Waals surface area (Å²) in [4.78, 5) is 4.27. The molecule has 146 valence electrons. The van der Waals surface area contributed by atoms with Gasteiger partial charge in [-0.15, -0.1) is 0 Å². The fourth-order valence-electron chi connectivity index (χ4n) is 3.81. The number of aromatic nitrogens is 1. The summed E-state index contributed by atoms with van der Waals surface area (Å²) in [6, 6.07) is 16.2. The van der Waals surface area contributed by atoms with Crippen LogP contribution in [0.3, 0.4) is 0 Å². The normalized spacial score (nSPS) is 19.8. The number of ether oxygens (including phenoxy) is 2. The molecule has 2 aromatic carbocycles. The van der Waals surface area contributed by atoms with Gasteiger partial charge in [-0.25, -0.2) is 5.01 Å². The zero-order chi connectivity index (χ0) is 20.0. The number of benzene rings is 2. The van der Waals surface area contributed by atoms with Gasteiger partial charge in [-0.3, -0.25) is 4.98 Å². The Bertz CT molecular complexity index is 1090. The van der Waals surface area contributed by atoms with Gasteiger partial charge in [0.1, 0.15) is 11.5 Å². The predicted molar refractivity (Wildman–Crippen MR) is 118 cm³/mol. The van der Waals surface area contributed by atoms with E-state index < -0.39 is 0 Å². The molecule has 3 heterocycles. The van der Waals surface area contributed by atoms with E-state index in [9.17, 15) is 0 Å². The summed E-state index contributed by atoms with van der Waals surface area (Å²) in [6.45, 7) is 0. The Labute approximate surface area is 185 Å². The van der Waals surface area contributed by atoms with Crippen LogP contribution in [0.25, 0.3) is 0 Å². The van der Waals surface area contributed by atoms with Gasteiger partial charge in [-0.2, -0.15) is 5.10 Å². The maximum absolute atomic E-state index is 6.43. The number of methoxy groups -OCH3 is 1. The van der Waals surface area contributed by atoms with Gasteiger partial charge in [-0.1, -0.05) is 22.0 Å². The Morgan fingerprint density at radius 2 is 1.97 bits per heavy atom. The fourth-order valence-corrected chi connectivity index (χ4v) is 5.17. The average Bonchev–Trinajstić information content (AvgIpc) is 3.20. The van der Waals surface area contributed by atoms with Crippen LogP contribution in [0.2, 0.25) is 0 Å². The van der Waals surface area contributed by atoms with Crippen molar-refractivity contribution in [2.75, 3.05) is 7.11 Å². The second-order valence-electron chi connectivity index (χ2n) is 6.94. The highest BCUT2D eigenvalue weighted by Gasteiger charge is 2.42. The first kappa shape index (κ1) is 18.6. The second kappa shape index (κ2) is 7.46. The van der Waals surface area contributed by atoms with Crippen LogP contribution >= 0.6 is 31.9 Å². The molecule has 0 aliphatic carbocycles. The van der Waals surface area contributed by atoms with E-state index in [-0.39, 0.29) is 12.3 Å². The Hall–Kier alpha value is -2.38. The molecule has 2 aliphatic heterocycles. The van der Waals surface area contributed by atoms with Crippen molar-refractivity contribution in [2.24, 2.45) is 5.10 Å². The molecule has 0 saturated heterocycles. The first-order chi connectivity index (χ1) is 14.1. The summed E-state index contributed by atoms with van der Waals surface area (Å²) in [5.74, 6) is 1.69. The van der Waals surface area contributed by atoms with Crippen molar-refractivity contribution < 1.29 is 9.47 Å². The van der Waals surface area contributed by atoms with Gasteiger partial charge >= 0.3 is 0 Å². The summed E-state index contributed by atoms with van der Waals surface area (Å²) >= 11 is 7.27. The highest BCUT2D eigenvalue weighted by molar-refractivity contribution is 9.11. The zero-order valence-corrected chi connectivity index (χ0v) is 18.7. The average molecular weight is 515 g/mol. The smallest absolute Gasteiger partial charge is 0.215 e. The largest absolute Gasteiger partial charge is 0.497 e. The Morgan fingerprint density at radius 1 is 1.14 bits per heavy atom. The standard InChI is InChI=1S/C22H17Br2N3O2/c1-28-16-6-4-13(5-7-16)19-11-20-17-9-15(23)10-18(24)21(17)29-22(27(20)26-19)14-3-2-8-25-12-14/h2-10,12,20,22H,11H2,1H3/t20-,22-/m0/s1. The summed E-state index contributed by atoms with van der Waals surface area (Å²) in [6.07, 6.45) is 4.05. The molecule has 3 aromatic rings. The molecule has 0 spiro atoms. The molecule has 1 aromatic heterocycles. The topological polar surface area (TPSA) is 47.0 Å². The van der Waals surface area contributed by atoms with Crippen LogP contribution in [0.15, 0.2) is 75.0 Å². The van der Waals surface area contributed by atoms with E-state index >= 15 is 0 Å². The van der Waals surface area contributed by atoms with Crippen LogP contribution < -0.4 is 9.47 Å². The molecule has 5 nitrogen and oxygen atoms in total. The molecule has 0 unspecified atom stereocenters. The first-order valence-corrected chi connectivity index (χ1v) is 10.8. The zero-order valence-electron chi connectivity index (χ0n) is 15.5. The molecule has 2 atom stereocenters. The Balaban J connectivity index is 1.60. The minimum absolute atomic E-state index is 0.0786. The molecule has 0 N–H and O–H groups in total. The minimum atomic E-state index is -0.338. The van der Waals surface area contributed by atoms with Gasteiger partial charge in [-0.05, 0) is 64.0 Å². The van der Waals surface area contributed by atoms with E-state index in [1.807, 2.05) is 48.7 Å². The third-order valence-corrected chi connectivity index (χ3v) is 6.25. The summed E-state index contributed by atoms with van der Waals surface area (Å²) in [5.41, 5.74) is 4.19. The van der Waals surface area contributed by atoms with Gasteiger partial charge in [0, 0.05) is 34.4 Å². The first-order valence-electron chi connectivity index (χ1n) is 9.20. The maximum atomic E-state index is 6.43. The van der Waals surface area contributed by atoms with Crippen molar-refractivity contribution in [3.05, 3.63) is 86.6 Å². The molecule has 5 rings (SSSR count). The van der Waals surface area contributed by atoms with Crippen molar-refractivity contribution in [1.82, 2.24) is 9.99 Å². The third-order valence-electron chi connectivity index (χ3n) is 5.20. The van der Waals surface area contributed by atoms with Crippen LogP contribution in [0.1, 0.15) is 35.4 Å². The van der Waals surface area contributed by atoms with Gasteiger partial charge in [0.15, 0.2) is 0 Å². The van der Waals surface area contributed by atoms with Gasteiger partial charge in [0.2, 0.25) is 6.23 Å². The molecule has 2 aliphatic rings. The minimum Gasteiger partial charge on any atom is -0.497 e. The predicted octanol–water partition coefficient (Wildman–Crippen LogP) is 5.86. The Morgan fingerprint density at radius 3 is 2.69 bits per heavy atom. The number of nitrogens with zero attached hydrogens (tertiary/aromatic N) is 3. The van der Waals surface area contributed by atoms with E-state index in [0.717, 1.165) is 49.3 Å². The lowest BCUT2D eigenvalue weighted by Crippen LogP contribution is -2.34. The van der Waals surface area contributed by atoms with Crippen LogP contribution in [0.5, 0.6) is 11.5 Å². The number of rotatable bonds is 3. The number of hydrazone groups is 1. The van der Waals surface area contributed by atoms with Crippen LogP contribution in [-0.4, -0.2) is 22.8 Å². The van der Waals surface area contributed by atoms with Crippen molar-refractivity contribution in [2.45, 2.75) is 18.7 Å². The molecule has 7 heteroatoms. The maximum Gasteiger partial charge on any atom is 0.215 e. The van der Waals surface area contributed by atoms with Crippen molar-refractivity contribution in [3.63, 3.8) is 0 Å². The number of halogens is 2. The monoisotopic (exact) mass is 513 g/mol. The van der Waals surface area contributed by atoms with Gasteiger partial charge < -0.3 is 9.47 Å². The number of fused-ring (bicyclic) bond motifs is 3. The molecular weight excluding hydrogens is 498 g/mol. The molecule has 0 saturated carbocycles. The van der Waals surface area contributed by atoms with E-state index in [2.05, 4.69) is 47.9 Å². The molecule has 0 bridgehead atoms.